The molecule has 0 spiro atoms. The van der Waals surface area contributed by atoms with E-state index in [0.717, 1.165) is 43.6 Å². The second-order valence-corrected chi connectivity index (χ2v) is 9.17. The zero-order valence-corrected chi connectivity index (χ0v) is 17.3. The van der Waals surface area contributed by atoms with Crippen LogP contribution in [-0.4, -0.2) is 56.4 Å². The summed E-state index contributed by atoms with van der Waals surface area (Å²) in [5.74, 6) is 2.97. The molecule has 3 aliphatic heterocycles. The Morgan fingerprint density at radius 3 is 2.62 bits per heavy atom. The first-order valence-electron chi connectivity index (χ1n) is 11.3. The number of methoxy groups -OCH3 is 1. The highest BCUT2D eigenvalue weighted by Crippen LogP contribution is 2.60. The lowest BCUT2D eigenvalue weighted by atomic mass is 9.89. The van der Waals surface area contributed by atoms with Gasteiger partial charge in [0, 0.05) is 19.0 Å². The maximum atomic E-state index is 12.5. The average Bonchev–Trinajstić information content (AvgIpc) is 3.38. The molecule has 2 N–H and O–H groups in total. The smallest absolute Gasteiger partial charge is 0.314 e. The van der Waals surface area contributed by atoms with Crippen molar-refractivity contribution in [2.45, 2.75) is 50.4 Å². The van der Waals surface area contributed by atoms with E-state index in [1.165, 1.54) is 31.2 Å². The molecule has 2 bridgehead atoms. The molecular weight excluding hydrogens is 366 g/mol. The van der Waals surface area contributed by atoms with Crippen molar-refractivity contribution in [3.8, 4) is 5.75 Å². The molecule has 1 unspecified atom stereocenters. The van der Waals surface area contributed by atoms with Gasteiger partial charge in [-0.25, -0.2) is 4.79 Å². The fraction of sp³-hybridized carbons (Fsp3) is 0.696. The minimum Gasteiger partial charge on any atom is -0.497 e. The highest BCUT2D eigenvalue weighted by molar-refractivity contribution is 5.73. The quantitative estimate of drug-likeness (QED) is 0.740. The van der Waals surface area contributed by atoms with Crippen molar-refractivity contribution in [1.29, 1.82) is 0 Å². The van der Waals surface area contributed by atoms with Crippen molar-refractivity contribution in [2.75, 3.05) is 33.3 Å². The van der Waals surface area contributed by atoms with Crippen molar-refractivity contribution in [3.63, 3.8) is 0 Å². The van der Waals surface area contributed by atoms with Crippen LogP contribution in [0.5, 0.6) is 5.75 Å². The van der Waals surface area contributed by atoms with Gasteiger partial charge in [0.05, 0.1) is 25.4 Å². The number of rotatable bonds is 7. The van der Waals surface area contributed by atoms with Gasteiger partial charge in [-0.05, 0) is 68.3 Å². The molecule has 0 radical (unpaired) electrons. The van der Waals surface area contributed by atoms with Gasteiger partial charge in [0.25, 0.3) is 0 Å². The van der Waals surface area contributed by atoms with E-state index in [9.17, 15) is 4.79 Å². The van der Waals surface area contributed by atoms with E-state index in [4.69, 9.17) is 9.47 Å². The van der Waals surface area contributed by atoms with Gasteiger partial charge < -0.3 is 20.1 Å². The molecular formula is C23H33N3O3. The molecule has 1 aliphatic carbocycles. The molecule has 6 atom stereocenters. The molecule has 6 nitrogen and oxygen atoms in total. The zero-order chi connectivity index (χ0) is 19.8. The van der Waals surface area contributed by atoms with Gasteiger partial charge in [0.1, 0.15) is 5.75 Å². The number of nitrogens with zero attached hydrogens (tertiary/aromatic N) is 1. The lowest BCUT2D eigenvalue weighted by Crippen LogP contribution is -2.45. The van der Waals surface area contributed by atoms with Crippen LogP contribution in [0.1, 0.15) is 43.7 Å². The Hall–Kier alpha value is -1.79. The standard InChI is InChI=1S/C23H33N3O3/c1-28-17-7-5-15(6-8-17)20(26-9-3-2-4-10-26)14-25-23(27)24-13-16-11-21-18-12-19(18)22(16)29-21/h5-8,16,18-22H,2-4,9-14H2,1H3,(H2,24,25,27)/t16-,18+,19-,20?,21-,22+/m0/s1. The maximum absolute atomic E-state index is 12.5. The molecule has 4 fully saturated rings. The highest BCUT2D eigenvalue weighted by atomic mass is 16.5. The number of benzene rings is 1. The highest BCUT2D eigenvalue weighted by Gasteiger charge is 2.62. The van der Waals surface area contributed by atoms with Gasteiger partial charge in [-0.15, -0.1) is 0 Å². The van der Waals surface area contributed by atoms with Crippen LogP contribution in [0, 0.1) is 17.8 Å². The van der Waals surface area contributed by atoms with Crippen molar-refractivity contribution >= 4 is 6.03 Å². The van der Waals surface area contributed by atoms with Crippen LogP contribution in [0.3, 0.4) is 0 Å². The summed E-state index contributed by atoms with van der Waals surface area (Å²) in [5.41, 5.74) is 1.23. The molecule has 3 saturated heterocycles. The number of nitrogens with one attached hydrogen (secondary N) is 2. The number of piperidine rings is 1. The predicted octanol–water partition coefficient (Wildman–Crippen LogP) is 2.94. The molecule has 4 aliphatic rings. The van der Waals surface area contributed by atoms with Gasteiger partial charge in [-0.3, -0.25) is 4.90 Å². The minimum atomic E-state index is -0.0596. The Balaban J connectivity index is 1.15. The van der Waals surface area contributed by atoms with E-state index in [1.807, 2.05) is 12.1 Å². The lowest BCUT2D eigenvalue weighted by molar-refractivity contribution is 0.0613. The molecule has 5 rings (SSSR count). The number of fused-ring (bicyclic) bond motifs is 5. The number of urea groups is 1. The summed E-state index contributed by atoms with van der Waals surface area (Å²) in [5, 5.41) is 6.24. The lowest BCUT2D eigenvalue weighted by Gasteiger charge is -2.35. The molecule has 0 aromatic heterocycles. The Bertz CT molecular complexity index is 719. The average molecular weight is 400 g/mol. The topological polar surface area (TPSA) is 62.8 Å². The summed E-state index contributed by atoms with van der Waals surface area (Å²) in [6.07, 6.45) is 7.08. The van der Waals surface area contributed by atoms with Gasteiger partial charge in [0.2, 0.25) is 0 Å². The first-order chi connectivity index (χ1) is 14.2. The molecule has 1 saturated carbocycles. The summed E-state index contributed by atoms with van der Waals surface area (Å²) >= 11 is 0. The van der Waals surface area contributed by atoms with Gasteiger partial charge >= 0.3 is 6.03 Å². The summed E-state index contributed by atoms with van der Waals surface area (Å²) in [7, 11) is 1.69. The van der Waals surface area contributed by atoms with E-state index >= 15 is 0 Å². The second-order valence-electron chi connectivity index (χ2n) is 9.17. The van der Waals surface area contributed by atoms with Gasteiger partial charge in [-0.2, -0.15) is 0 Å². The van der Waals surface area contributed by atoms with Gasteiger partial charge in [0.15, 0.2) is 0 Å². The third-order valence-electron chi connectivity index (χ3n) is 7.44. The number of carbonyl (C=O) groups is 1. The van der Waals surface area contributed by atoms with E-state index in [1.54, 1.807) is 7.11 Å². The summed E-state index contributed by atoms with van der Waals surface area (Å²) in [4.78, 5) is 15.0. The number of hydrogen-bond acceptors (Lipinski definition) is 4. The molecule has 158 valence electrons. The fourth-order valence-corrected chi connectivity index (χ4v) is 5.76. The monoisotopic (exact) mass is 399 g/mol. The van der Waals surface area contributed by atoms with Gasteiger partial charge in [-0.1, -0.05) is 18.6 Å². The summed E-state index contributed by atoms with van der Waals surface area (Å²) in [6, 6.07) is 8.40. The normalized spacial score (nSPS) is 33.8. The third kappa shape index (κ3) is 3.97. The van der Waals surface area contributed by atoms with Crippen molar-refractivity contribution in [1.82, 2.24) is 15.5 Å². The Morgan fingerprint density at radius 2 is 1.93 bits per heavy atom. The van der Waals surface area contributed by atoms with Crippen LogP contribution in [0.25, 0.3) is 0 Å². The SMILES string of the molecule is COc1ccc(C(CNC(=O)NC[C@@H]2C[C@@H]3O[C@H]2[C@H]2C[C@H]23)N2CCCCC2)cc1. The van der Waals surface area contributed by atoms with Crippen molar-refractivity contribution in [2.24, 2.45) is 17.8 Å². The molecule has 3 heterocycles. The third-order valence-corrected chi connectivity index (χ3v) is 7.44. The number of ether oxygens (including phenoxy) is 2. The maximum Gasteiger partial charge on any atom is 0.314 e. The van der Waals surface area contributed by atoms with Crippen LogP contribution in [0.4, 0.5) is 4.79 Å². The van der Waals surface area contributed by atoms with Crippen LogP contribution in [-0.2, 0) is 4.74 Å². The number of carbonyl (C=O) groups excluding carboxylic acids is 1. The molecule has 6 heteroatoms. The molecule has 29 heavy (non-hydrogen) atoms. The van der Waals surface area contributed by atoms with E-state index in [0.29, 0.717) is 24.7 Å². The number of hydrogen-bond donors (Lipinski definition) is 2. The molecule has 1 aromatic rings. The predicted molar refractivity (Wildman–Crippen MR) is 111 cm³/mol. The van der Waals surface area contributed by atoms with Crippen LogP contribution in [0.15, 0.2) is 24.3 Å². The summed E-state index contributed by atoms with van der Waals surface area (Å²) in [6.45, 7) is 3.53. The van der Waals surface area contributed by atoms with Crippen LogP contribution in [0.2, 0.25) is 0 Å². The van der Waals surface area contributed by atoms with Crippen molar-refractivity contribution in [3.05, 3.63) is 29.8 Å². The molecule has 2 amide bonds. The first-order valence-corrected chi connectivity index (χ1v) is 11.3. The Kier molecular flexibility index (Phi) is 5.39. The van der Waals surface area contributed by atoms with Crippen LogP contribution >= 0.6 is 0 Å². The van der Waals surface area contributed by atoms with Crippen LogP contribution < -0.4 is 15.4 Å². The zero-order valence-electron chi connectivity index (χ0n) is 17.3. The summed E-state index contributed by atoms with van der Waals surface area (Å²) < 4.78 is 11.3. The minimum absolute atomic E-state index is 0.0596. The Labute approximate surface area is 173 Å². The Morgan fingerprint density at radius 1 is 1.14 bits per heavy atom. The molecule has 1 aromatic carbocycles. The largest absolute Gasteiger partial charge is 0.497 e. The second kappa shape index (κ2) is 8.15. The van der Waals surface area contributed by atoms with E-state index in [-0.39, 0.29) is 12.1 Å². The number of amides is 2. The number of likely N-dealkylation sites (tertiary alicyclic amines) is 1. The first kappa shape index (κ1) is 19.2. The van der Waals surface area contributed by atoms with E-state index in [2.05, 4.69) is 27.7 Å². The van der Waals surface area contributed by atoms with E-state index < -0.39 is 0 Å². The van der Waals surface area contributed by atoms with Crippen molar-refractivity contribution < 1.29 is 14.3 Å². The fourth-order valence-electron chi connectivity index (χ4n) is 5.76.